The SMILES string of the molecule is Cc1ncccc1CNc1cnn(C)c1.Cl. The van der Waals surface area contributed by atoms with Gasteiger partial charge >= 0.3 is 0 Å². The van der Waals surface area contributed by atoms with E-state index in [2.05, 4.69) is 21.5 Å². The standard InChI is InChI=1S/C11H14N4.ClH/c1-9-10(4-3-5-12-9)6-13-11-7-14-15(2)8-11;/h3-5,7-8,13H,6H2,1-2H3;1H. The third-order valence-corrected chi connectivity index (χ3v) is 2.30. The average Bonchev–Trinajstić information content (AvgIpc) is 2.63. The predicted octanol–water partition coefficient (Wildman–Crippen LogP) is 2.16. The van der Waals surface area contributed by atoms with Crippen LogP contribution < -0.4 is 5.32 Å². The molecule has 0 bridgehead atoms. The summed E-state index contributed by atoms with van der Waals surface area (Å²) in [6.45, 7) is 2.80. The summed E-state index contributed by atoms with van der Waals surface area (Å²) in [6, 6.07) is 4.03. The Bertz CT molecular complexity index is 453. The van der Waals surface area contributed by atoms with Crippen molar-refractivity contribution in [3.63, 3.8) is 0 Å². The molecular weight excluding hydrogens is 224 g/mol. The average molecular weight is 239 g/mol. The molecular formula is C11H15ClN4. The van der Waals surface area contributed by atoms with Crippen molar-refractivity contribution in [1.29, 1.82) is 0 Å². The Balaban J connectivity index is 0.00000128. The fourth-order valence-corrected chi connectivity index (χ4v) is 1.41. The van der Waals surface area contributed by atoms with Gasteiger partial charge in [0.2, 0.25) is 0 Å². The van der Waals surface area contributed by atoms with Crippen LogP contribution in [-0.4, -0.2) is 14.8 Å². The maximum Gasteiger partial charge on any atom is 0.0729 e. The summed E-state index contributed by atoms with van der Waals surface area (Å²) in [5, 5.41) is 7.39. The number of aromatic nitrogens is 3. The van der Waals surface area contributed by atoms with Gasteiger partial charge in [-0.3, -0.25) is 9.67 Å². The van der Waals surface area contributed by atoms with Gasteiger partial charge in [-0.05, 0) is 18.6 Å². The highest BCUT2D eigenvalue weighted by atomic mass is 35.5. The van der Waals surface area contributed by atoms with E-state index in [4.69, 9.17) is 0 Å². The molecule has 16 heavy (non-hydrogen) atoms. The van der Waals surface area contributed by atoms with Crippen molar-refractivity contribution >= 4 is 18.1 Å². The van der Waals surface area contributed by atoms with Crippen LogP contribution in [-0.2, 0) is 13.6 Å². The zero-order chi connectivity index (χ0) is 10.7. The van der Waals surface area contributed by atoms with Crippen molar-refractivity contribution < 1.29 is 0 Å². The van der Waals surface area contributed by atoms with Crippen LogP contribution in [0.25, 0.3) is 0 Å². The third-order valence-electron chi connectivity index (χ3n) is 2.30. The molecule has 0 unspecified atom stereocenters. The van der Waals surface area contributed by atoms with Gasteiger partial charge in [0, 0.05) is 31.7 Å². The Morgan fingerprint density at radius 3 is 2.88 bits per heavy atom. The predicted molar refractivity (Wildman–Crippen MR) is 66.8 cm³/mol. The van der Waals surface area contributed by atoms with Gasteiger partial charge in [-0.1, -0.05) is 6.07 Å². The van der Waals surface area contributed by atoms with Gasteiger partial charge in [-0.2, -0.15) is 5.10 Å². The Morgan fingerprint density at radius 2 is 2.25 bits per heavy atom. The van der Waals surface area contributed by atoms with Gasteiger partial charge < -0.3 is 5.32 Å². The summed E-state index contributed by atoms with van der Waals surface area (Å²) in [5.41, 5.74) is 3.30. The minimum atomic E-state index is 0. The fourth-order valence-electron chi connectivity index (χ4n) is 1.41. The van der Waals surface area contributed by atoms with Gasteiger partial charge in [-0.25, -0.2) is 0 Å². The van der Waals surface area contributed by atoms with Crippen molar-refractivity contribution in [1.82, 2.24) is 14.8 Å². The van der Waals surface area contributed by atoms with Gasteiger partial charge in [0.05, 0.1) is 11.9 Å². The molecule has 1 N–H and O–H groups in total. The first-order chi connectivity index (χ1) is 7.25. The molecule has 0 aliphatic carbocycles. The van der Waals surface area contributed by atoms with E-state index in [9.17, 15) is 0 Å². The molecule has 0 aliphatic heterocycles. The number of hydrogen-bond donors (Lipinski definition) is 1. The van der Waals surface area contributed by atoms with Gasteiger partial charge in [0.15, 0.2) is 0 Å². The molecule has 86 valence electrons. The van der Waals surface area contributed by atoms with E-state index in [1.54, 1.807) is 4.68 Å². The lowest BCUT2D eigenvalue weighted by Crippen LogP contribution is -2.01. The van der Waals surface area contributed by atoms with Crippen LogP contribution in [0.5, 0.6) is 0 Å². The monoisotopic (exact) mass is 238 g/mol. The van der Waals surface area contributed by atoms with Gasteiger partial charge in [0.1, 0.15) is 0 Å². The first-order valence-electron chi connectivity index (χ1n) is 4.89. The first kappa shape index (κ1) is 12.5. The van der Waals surface area contributed by atoms with E-state index in [1.807, 2.05) is 38.6 Å². The number of nitrogens with zero attached hydrogens (tertiary/aromatic N) is 3. The number of pyridine rings is 1. The van der Waals surface area contributed by atoms with Gasteiger partial charge in [-0.15, -0.1) is 12.4 Å². The largest absolute Gasteiger partial charge is 0.378 e. The molecule has 0 spiro atoms. The fraction of sp³-hybridized carbons (Fsp3) is 0.273. The Morgan fingerprint density at radius 1 is 1.44 bits per heavy atom. The number of hydrogen-bond acceptors (Lipinski definition) is 3. The number of halogens is 1. The highest BCUT2D eigenvalue weighted by molar-refractivity contribution is 5.85. The van der Waals surface area contributed by atoms with E-state index in [1.165, 1.54) is 5.56 Å². The smallest absolute Gasteiger partial charge is 0.0729 e. The van der Waals surface area contributed by atoms with Crippen LogP contribution in [0, 0.1) is 6.92 Å². The topological polar surface area (TPSA) is 42.7 Å². The lowest BCUT2D eigenvalue weighted by Gasteiger charge is -2.05. The molecule has 0 amide bonds. The molecule has 5 heteroatoms. The molecule has 2 aromatic rings. The lowest BCUT2D eigenvalue weighted by molar-refractivity contribution is 0.768. The zero-order valence-corrected chi connectivity index (χ0v) is 10.2. The molecule has 0 saturated heterocycles. The maximum atomic E-state index is 4.24. The molecule has 0 saturated carbocycles. The summed E-state index contributed by atoms with van der Waals surface area (Å²) in [7, 11) is 1.90. The zero-order valence-electron chi connectivity index (χ0n) is 9.34. The van der Waals surface area contributed by atoms with E-state index < -0.39 is 0 Å². The molecule has 0 fully saturated rings. The Labute approximate surface area is 101 Å². The van der Waals surface area contributed by atoms with Gasteiger partial charge in [0.25, 0.3) is 0 Å². The maximum absolute atomic E-state index is 4.24. The molecule has 2 heterocycles. The van der Waals surface area contributed by atoms with Crippen LogP contribution in [0.1, 0.15) is 11.3 Å². The highest BCUT2D eigenvalue weighted by Crippen LogP contribution is 2.08. The second-order valence-electron chi connectivity index (χ2n) is 3.50. The minimum absolute atomic E-state index is 0. The summed E-state index contributed by atoms with van der Waals surface area (Å²) < 4.78 is 1.78. The number of nitrogens with one attached hydrogen (secondary N) is 1. The molecule has 2 aromatic heterocycles. The van der Waals surface area contributed by atoms with E-state index in [0.717, 1.165) is 17.9 Å². The van der Waals surface area contributed by atoms with Crippen molar-refractivity contribution in [3.05, 3.63) is 42.0 Å². The van der Waals surface area contributed by atoms with Crippen LogP contribution in [0.2, 0.25) is 0 Å². The quantitative estimate of drug-likeness (QED) is 0.891. The highest BCUT2D eigenvalue weighted by Gasteiger charge is 1.99. The number of anilines is 1. The molecule has 0 aromatic carbocycles. The summed E-state index contributed by atoms with van der Waals surface area (Å²) in [5.74, 6) is 0. The van der Waals surface area contributed by atoms with Crippen LogP contribution in [0.3, 0.4) is 0 Å². The number of rotatable bonds is 3. The van der Waals surface area contributed by atoms with Crippen LogP contribution in [0.15, 0.2) is 30.7 Å². The first-order valence-corrected chi connectivity index (χ1v) is 4.89. The molecule has 0 aliphatic rings. The second-order valence-corrected chi connectivity index (χ2v) is 3.50. The number of aryl methyl sites for hydroxylation is 2. The molecule has 2 rings (SSSR count). The minimum Gasteiger partial charge on any atom is -0.378 e. The summed E-state index contributed by atoms with van der Waals surface area (Å²) in [4.78, 5) is 4.24. The van der Waals surface area contributed by atoms with Crippen molar-refractivity contribution in [2.45, 2.75) is 13.5 Å². The van der Waals surface area contributed by atoms with Crippen LogP contribution in [0.4, 0.5) is 5.69 Å². The van der Waals surface area contributed by atoms with E-state index in [0.29, 0.717) is 0 Å². The molecule has 0 atom stereocenters. The van der Waals surface area contributed by atoms with Crippen molar-refractivity contribution in [2.24, 2.45) is 7.05 Å². The summed E-state index contributed by atoms with van der Waals surface area (Å²) >= 11 is 0. The lowest BCUT2D eigenvalue weighted by atomic mass is 10.2. The summed E-state index contributed by atoms with van der Waals surface area (Å²) in [6.07, 6.45) is 5.57. The normalized spacial score (nSPS) is 9.62. The Hall–Kier alpha value is -1.55. The third kappa shape index (κ3) is 2.97. The second kappa shape index (κ2) is 5.51. The molecule has 0 radical (unpaired) electrons. The van der Waals surface area contributed by atoms with Crippen LogP contribution >= 0.6 is 12.4 Å². The molecule has 4 nitrogen and oxygen atoms in total. The van der Waals surface area contributed by atoms with E-state index in [-0.39, 0.29) is 12.4 Å². The Kier molecular flexibility index (Phi) is 4.31. The van der Waals surface area contributed by atoms with Crippen molar-refractivity contribution in [3.8, 4) is 0 Å². The van der Waals surface area contributed by atoms with E-state index >= 15 is 0 Å². The van der Waals surface area contributed by atoms with Crippen molar-refractivity contribution in [2.75, 3.05) is 5.32 Å².